The summed E-state index contributed by atoms with van der Waals surface area (Å²) in [4.78, 5) is 34.1. The summed E-state index contributed by atoms with van der Waals surface area (Å²) in [7, 11) is 1.65. The molecule has 2 aromatic rings. The molecule has 0 atom stereocenters. The normalized spacial score (nSPS) is 15.0. The van der Waals surface area contributed by atoms with Crippen LogP contribution in [-0.4, -0.2) is 79.6 Å². The SMILES string of the molecule is COCCCNC(=O)CN1CCN(C(=O)c2nc(-c3ccco3)sc2C)CC1. The van der Waals surface area contributed by atoms with E-state index in [0.717, 1.165) is 16.3 Å². The highest BCUT2D eigenvalue weighted by atomic mass is 32.1. The van der Waals surface area contributed by atoms with E-state index in [9.17, 15) is 9.59 Å². The van der Waals surface area contributed by atoms with Crippen LogP contribution in [0.5, 0.6) is 0 Å². The van der Waals surface area contributed by atoms with Crippen LogP contribution in [0, 0.1) is 6.92 Å². The molecule has 0 aromatic carbocycles. The summed E-state index contributed by atoms with van der Waals surface area (Å²) < 4.78 is 10.3. The minimum Gasteiger partial charge on any atom is -0.462 e. The number of amides is 2. The number of hydrogen-bond acceptors (Lipinski definition) is 7. The summed E-state index contributed by atoms with van der Waals surface area (Å²) in [6, 6.07) is 3.64. The lowest BCUT2D eigenvalue weighted by atomic mass is 10.2. The molecule has 3 rings (SSSR count). The fourth-order valence-electron chi connectivity index (χ4n) is 3.06. The first-order valence-corrected chi connectivity index (χ1v) is 10.2. The van der Waals surface area contributed by atoms with Crippen molar-refractivity contribution in [3.8, 4) is 10.8 Å². The monoisotopic (exact) mass is 406 g/mol. The third-order valence-corrected chi connectivity index (χ3v) is 5.59. The maximum absolute atomic E-state index is 12.9. The zero-order chi connectivity index (χ0) is 19.9. The van der Waals surface area contributed by atoms with Gasteiger partial charge >= 0.3 is 0 Å². The highest BCUT2D eigenvalue weighted by Crippen LogP contribution is 2.28. The molecule has 2 amide bonds. The van der Waals surface area contributed by atoms with E-state index >= 15 is 0 Å². The van der Waals surface area contributed by atoms with E-state index in [1.807, 2.05) is 13.0 Å². The molecule has 1 N–H and O–H groups in total. The van der Waals surface area contributed by atoms with Gasteiger partial charge in [-0.25, -0.2) is 4.98 Å². The molecule has 0 radical (unpaired) electrons. The van der Waals surface area contributed by atoms with Crippen molar-refractivity contribution >= 4 is 23.2 Å². The Morgan fingerprint density at radius 2 is 2.11 bits per heavy atom. The average molecular weight is 407 g/mol. The molecule has 0 unspecified atom stereocenters. The van der Waals surface area contributed by atoms with Crippen molar-refractivity contribution in [1.82, 2.24) is 20.1 Å². The number of piperazine rings is 1. The van der Waals surface area contributed by atoms with Crippen LogP contribution >= 0.6 is 11.3 Å². The van der Waals surface area contributed by atoms with Gasteiger partial charge in [0, 0.05) is 51.3 Å². The number of rotatable bonds is 8. The van der Waals surface area contributed by atoms with Crippen LogP contribution in [0.1, 0.15) is 21.8 Å². The third kappa shape index (κ3) is 5.18. The Kier molecular flexibility index (Phi) is 7.18. The maximum atomic E-state index is 12.9. The standard InChI is InChI=1S/C19H26N4O4S/c1-14-17(21-18(28-14)15-5-3-12-27-15)19(25)23-9-7-22(8-10-23)13-16(24)20-6-4-11-26-2/h3,5,12H,4,6-11,13H2,1-2H3,(H,20,24). The van der Waals surface area contributed by atoms with Crippen molar-refractivity contribution in [2.75, 3.05) is 53.0 Å². The van der Waals surface area contributed by atoms with Gasteiger partial charge in [-0.15, -0.1) is 11.3 Å². The molecule has 2 aromatic heterocycles. The van der Waals surface area contributed by atoms with Gasteiger partial charge in [0.05, 0.1) is 12.8 Å². The smallest absolute Gasteiger partial charge is 0.273 e. The quantitative estimate of drug-likeness (QED) is 0.671. The van der Waals surface area contributed by atoms with Gasteiger partial charge in [-0.2, -0.15) is 0 Å². The van der Waals surface area contributed by atoms with Gasteiger partial charge in [0.15, 0.2) is 10.8 Å². The first kappa shape index (κ1) is 20.5. The van der Waals surface area contributed by atoms with Crippen molar-refractivity contribution in [2.24, 2.45) is 0 Å². The first-order valence-electron chi connectivity index (χ1n) is 9.37. The Labute approximate surface area is 168 Å². The molecule has 0 saturated carbocycles. The molecule has 0 bridgehead atoms. The van der Waals surface area contributed by atoms with E-state index in [1.54, 1.807) is 24.3 Å². The number of nitrogens with one attached hydrogen (secondary N) is 1. The molecule has 9 heteroatoms. The van der Waals surface area contributed by atoms with E-state index in [4.69, 9.17) is 9.15 Å². The van der Waals surface area contributed by atoms with Gasteiger partial charge in [0.25, 0.3) is 5.91 Å². The van der Waals surface area contributed by atoms with Gasteiger partial charge in [-0.3, -0.25) is 14.5 Å². The van der Waals surface area contributed by atoms with E-state index in [1.165, 1.54) is 11.3 Å². The van der Waals surface area contributed by atoms with Crippen LogP contribution in [0.25, 0.3) is 10.8 Å². The van der Waals surface area contributed by atoms with Crippen LogP contribution in [0.3, 0.4) is 0 Å². The predicted molar refractivity (Wildman–Crippen MR) is 106 cm³/mol. The number of carbonyl (C=O) groups is 2. The molecule has 1 fully saturated rings. The Bertz CT molecular complexity index is 782. The average Bonchev–Trinajstić information content (AvgIpc) is 3.35. The highest BCUT2D eigenvalue weighted by molar-refractivity contribution is 7.15. The molecule has 152 valence electrons. The van der Waals surface area contributed by atoms with Crippen molar-refractivity contribution in [3.63, 3.8) is 0 Å². The Morgan fingerprint density at radius 1 is 1.32 bits per heavy atom. The maximum Gasteiger partial charge on any atom is 0.273 e. The Hall–Kier alpha value is -2.23. The topological polar surface area (TPSA) is 87.9 Å². The van der Waals surface area contributed by atoms with E-state index < -0.39 is 0 Å². The van der Waals surface area contributed by atoms with Crippen molar-refractivity contribution in [2.45, 2.75) is 13.3 Å². The van der Waals surface area contributed by atoms with Crippen molar-refractivity contribution in [3.05, 3.63) is 29.0 Å². The lowest BCUT2D eigenvalue weighted by molar-refractivity contribution is -0.122. The number of nitrogens with zero attached hydrogens (tertiary/aromatic N) is 3. The van der Waals surface area contributed by atoms with Crippen LogP contribution in [0.4, 0.5) is 0 Å². The molecule has 1 aliphatic heterocycles. The molecular weight excluding hydrogens is 380 g/mol. The largest absolute Gasteiger partial charge is 0.462 e. The number of hydrogen-bond donors (Lipinski definition) is 1. The summed E-state index contributed by atoms with van der Waals surface area (Å²) in [5, 5.41) is 3.61. The zero-order valence-electron chi connectivity index (χ0n) is 16.3. The summed E-state index contributed by atoms with van der Waals surface area (Å²) in [6.45, 7) is 6.03. The van der Waals surface area contributed by atoms with Gasteiger partial charge in [-0.05, 0) is 25.5 Å². The van der Waals surface area contributed by atoms with Crippen molar-refractivity contribution < 1.29 is 18.7 Å². The Morgan fingerprint density at radius 3 is 2.79 bits per heavy atom. The number of thiazole rings is 1. The van der Waals surface area contributed by atoms with E-state index in [0.29, 0.717) is 57.3 Å². The number of aromatic nitrogens is 1. The van der Waals surface area contributed by atoms with Gasteiger partial charge in [-0.1, -0.05) is 0 Å². The minimum absolute atomic E-state index is 0.00862. The summed E-state index contributed by atoms with van der Waals surface area (Å²) in [5.41, 5.74) is 0.487. The van der Waals surface area contributed by atoms with Crippen LogP contribution in [0.15, 0.2) is 22.8 Å². The minimum atomic E-state index is -0.0600. The number of methoxy groups -OCH3 is 1. The van der Waals surface area contributed by atoms with Gasteiger partial charge < -0.3 is 19.4 Å². The molecule has 1 saturated heterocycles. The third-order valence-electron chi connectivity index (χ3n) is 4.61. The molecule has 0 aliphatic carbocycles. The molecule has 1 aliphatic rings. The fourth-order valence-corrected chi connectivity index (χ4v) is 3.94. The molecule has 0 spiro atoms. The second-order valence-corrected chi connectivity index (χ2v) is 7.87. The number of furan rings is 1. The van der Waals surface area contributed by atoms with Crippen molar-refractivity contribution in [1.29, 1.82) is 0 Å². The van der Waals surface area contributed by atoms with Gasteiger partial charge in [0.2, 0.25) is 5.91 Å². The molecule has 8 nitrogen and oxygen atoms in total. The zero-order valence-corrected chi connectivity index (χ0v) is 17.1. The summed E-state index contributed by atoms with van der Waals surface area (Å²) >= 11 is 1.46. The fraction of sp³-hybridized carbons (Fsp3) is 0.526. The lowest BCUT2D eigenvalue weighted by Gasteiger charge is -2.34. The highest BCUT2D eigenvalue weighted by Gasteiger charge is 2.26. The molecule has 3 heterocycles. The first-order chi connectivity index (χ1) is 13.6. The van der Waals surface area contributed by atoms with Gasteiger partial charge in [0.1, 0.15) is 5.69 Å². The lowest BCUT2D eigenvalue weighted by Crippen LogP contribution is -2.51. The molecule has 28 heavy (non-hydrogen) atoms. The number of aryl methyl sites for hydroxylation is 1. The van der Waals surface area contributed by atoms with E-state index in [-0.39, 0.29) is 11.8 Å². The number of ether oxygens (including phenoxy) is 1. The Balaban J connectivity index is 1.48. The second-order valence-electron chi connectivity index (χ2n) is 6.67. The molecular formula is C19H26N4O4S. The van der Waals surface area contributed by atoms with E-state index in [2.05, 4.69) is 15.2 Å². The summed E-state index contributed by atoms with van der Waals surface area (Å²) in [6.07, 6.45) is 2.40. The predicted octanol–water partition coefficient (Wildman–Crippen LogP) is 1.62. The van der Waals surface area contributed by atoms with Crippen LogP contribution in [-0.2, 0) is 9.53 Å². The van der Waals surface area contributed by atoms with Crippen LogP contribution < -0.4 is 5.32 Å². The second kappa shape index (κ2) is 9.81. The number of carbonyl (C=O) groups excluding carboxylic acids is 2. The van der Waals surface area contributed by atoms with Crippen LogP contribution in [0.2, 0.25) is 0 Å². The summed E-state index contributed by atoms with van der Waals surface area (Å²) in [5.74, 6) is 0.623.